The molecule has 3 heterocycles. The number of rotatable bonds is 4. The third-order valence-electron chi connectivity index (χ3n) is 5.14. The molecule has 5 nitrogen and oxygen atoms in total. The van der Waals surface area contributed by atoms with Crippen molar-refractivity contribution in [3.05, 3.63) is 38.6 Å². The molecule has 4 rings (SSSR count). The summed E-state index contributed by atoms with van der Waals surface area (Å²) in [5.41, 5.74) is 2.63. The molecule has 0 N–H and O–H groups in total. The van der Waals surface area contributed by atoms with Gasteiger partial charge >= 0.3 is 0 Å². The second-order valence-electron chi connectivity index (χ2n) is 6.67. The minimum atomic E-state index is 0.163. The zero-order valence-electron chi connectivity index (χ0n) is 14.4. The number of ether oxygens (including phenoxy) is 1. The standard InChI is InChI=1S/C18H23N3O2S2/c1-20(5-6-21-7-9-23-10-8-21)18(22)17-14-3-2-13-12-19-25-16(13)15(14)4-11-24-17/h4,11-12,15H,2-3,5-10H2,1H3. The van der Waals surface area contributed by atoms with Crippen molar-refractivity contribution in [3.8, 4) is 0 Å². The summed E-state index contributed by atoms with van der Waals surface area (Å²) in [6.07, 6.45) is 6.18. The van der Waals surface area contributed by atoms with Crippen molar-refractivity contribution in [2.24, 2.45) is 0 Å². The van der Waals surface area contributed by atoms with Gasteiger partial charge in [-0.2, -0.15) is 0 Å². The maximum atomic E-state index is 13.0. The van der Waals surface area contributed by atoms with E-state index in [9.17, 15) is 4.79 Å². The van der Waals surface area contributed by atoms with Crippen LogP contribution in [0.15, 0.2) is 28.2 Å². The second-order valence-corrected chi connectivity index (χ2v) is 8.42. The fraction of sp³-hybridized carbons (Fsp3) is 0.556. The predicted molar refractivity (Wildman–Crippen MR) is 102 cm³/mol. The monoisotopic (exact) mass is 377 g/mol. The Morgan fingerprint density at radius 2 is 2.24 bits per heavy atom. The lowest BCUT2D eigenvalue weighted by molar-refractivity contribution is -0.125. The number of aryl methyl sites for hydroxylation is 1. The lowest BCUT2D eigenvalue weighted by Gasteiger charge is -2.31. The molecular formula is C18H23N3O2S2. The van der Waals surface area contributed by atoms with Gasteiger partial charge in [0.15, 0.2) is 0 Å². The van der Waals surface area contributed by atoms with E-state index >= 15 is 0 Å². The van der Waals surface area contributed by atoms with Crippen molar-refractivity contribution in [2.75, 3.05) is 46.4 Å². The summed E-state index contributed by atoms with van der Waals surface area (Å²) in [7, 11) is 1.92. The Morgan fingerprint density at radius 3 is 3.08 bits per heavy atom. The van der Waals surface area contributed by atoms with E-state index in [1.54, 1.807) is 23.3 Å². The summed E-state index contributed by atoms with van der Waals surface area (Å²) in [6, 6.07) is 0. The van der Waals surface area contributed by atoms with E-state index in [0.29, 0.717) is 0 Å². The molecule has 0 aromatic carbocycles. The Balaban J connectivity index is 1.45. The Labute approximate surface area is 156 Å². The number of thioether (sulfide) groups is 1. The van der Waals surface area contributed by atoms with Crippen LogP contribution in [-0.4, -0.2) is 66.5 Å². The van der Waals surface area contributed by atoms with E-state index in [-0.39, 0.29) is 11.8 Å². The predicted octanol–water partition coefficient (Wildman–Crippen LogP) is 2.48. The molecule has 1 aromatic rings. The van der Waals surface area contributed by atoms with Gasteiger partial charge in [-0.05, 0) is 40.9 Å². The van der Waals surface area contributed by atoms with Crippen molar-refractivity contribution < 1.29 is 9.53 Å². The molecule has 1 saturated heterocycles. The normalized spacial score (nSPS) is 23.3. The average molecular weight is 378 g/mol. The van der Waals surface area contributed by atoms with Gasteiger partial charge in [-0.15, -0.1) is 0 Å². The highest BCUT2D eigenvalue weighted by Gasteiger charge is 2.32. The van der Waals surface area contributed by atoms with Gasteiger partial charge in [0.05, 0.1) is 18.1 Å². The summed E-state index contributed by atoms with van der Waals surface area (Å²) >= 11 is 3.16. The number of aromatic nitrogens is 1. The van der Waals surface area contributed by atoms with E-state index in [1.165, 1.54) is 16.0 Å². The molecule has 2 aliphatic heterocycles. The Hall–Kier alpha value is -1.15. The van der Waals surface area contributed by atoms with Gasteiger partial charge in [0.1, 0.15) is 0 Å². The Kier molecular flexibility index (Phi) is 5.26. The van der Waals surface area contributed by atoms with Crippen LogP contribution in [0.25, 0.3) is 0 Å². The first kappa shape index (κ1) is 17.3. The van der Waals surface area contributed by atoms with Gasteiger partial charge in [0, 0.05) is 50.2 Å². The van der Waals surface area contributed by atoms with E-state index in [1.807, 2.05) is 18.1 Å². The van der Waals surface area contributed by atoms with E-state index in [4.69, 9.17) is 4.74 Å². The summed E-state index contributed by atoms with van der Waals surface area (Å²) in [6.45, 7) is 5.19. The highest BCUT2D eigenvalue weighted by molar-refractivity contribution is 8.06. The molecule has 1 unspecified atom stereocenters. The lowest BCUT2D eigenvalue weighted by Crippen LogP contribution is -2.42. The number of likely N-dealkylation sites (N-methyl/N-ethyl adjacent to an activating group) is 1. The summed E-state index contributed by atoms with van der Waals surface area (Å²) in [4.78, 5) is 19.5. The van der Waals surface area contributed by atoms with E-state index in [2.05, 4.69) is 20.8 Å². The summed E-state index contributed by atoms with van der Waals surface area (Å²) < 4.78 is 9.73. The Bertz CT molecular complexity index is 707. The molecule has 0 bridgehead atoms. The first-order chi connectivity index (χ1) is 12.2. The molecule has 25 heavy (non-hydrogen) atoms. The molecule has 3 aliphatic rings. The number of nitrogens with zero attached hydrogens (tertiary/aromatic N) is 3. The number of amides is 1. The maximum absolute atomic E-state index is 13.0. The van der Waals surface area contributed by atoms with Crippen molar-refractivity contribution in [1.29, 1.82) is 0 Å². The van der Waals surface area contributed by atoms with Gasteiger partial charge in [0.2, 0.25) is 0 Å². The van der Waals surface area contributed by atoms with Gasteiger partial charge in [0.25, 0.3) is 5.91 Å². The molecule has 0 saturated carbocycles. The highest BCUT2D eigenvalue weighted by atomic mass is 32.2. The van der Waals surface area contributed by atoms with Crippen molar-refractivity contribution >= 4 is 29.2 Å². The van der Waals surface area contributed by atoms with Crippen molar-refractivity contribution in [2.45, 2.75) is 18.8 Å². The molecule has 1 aromatic heterocycles. The minimum Gasteiger partial charge on any atom is -0.379 e. The van der Waals surface area contributed by atoms with Crippen molar-refractivity contribution in [3.63, 3.8) is 0 Å². The van der Waals surface area contributed by atoms with Gasteiger partial charge in [-0.25, -0.2) is 4.37 Å². The van der Waals surface area contributed by atoms with Gasteiger partial charge in [-0.3, -0.25) is 9.69 Å². The number of carbonyl (C=O) groups is 1. The number of hydrogen-bond donors (Lipinski definition) is 0. The molecule has 1 aliphatic carbocycles. The largest absolute Gasteiger partial charge is 0.379 e. The summed E-state index contributed by atoms with van der Waals surface area (Å²) in [5.74, 6) is 0.416. The van der Waals surface area contributed by atoms with Crippen LogP contribution in [0.1, 0.15) is 22.8 Å². The van der Waals surface area contributed by atoms with Crippen LogP contribution in [0.2, 0.25) is 0 Å². The fourth-order valence-corrected chi connectivity index (χ4v) is 5.50. The van der Waals surface area contributed by atoms with Crippen LogP contribution in [-0.2, 0) is 16.0 Å². The third kappa shape index (κ3) is 3.56. The second kappa shape index (κ2) is 7.61. The third-order valence-corrected chi connectivity index (χ3v) is 7.03. The molecule has 0 spiro atoms. The van der Waals surface area contributed by atoms with Crippen LogP contribution in [0, 0.1) is 0 Å². The van der Waals surface area contributed by atoms with Gasteiger partial charge in [-0.1, -0.05) is 17.8 Å². The average Bonchev–Trinajstić information content (AvgIpc) is 3.15. The van der Waals surface area contributed by atoms with Crippen molar-refractivity contribution in [1.82, 2.24) is 14.2 Å². The van der Waals surface area contributed by atoms with Crippen LogP contribution in [0.4, 0.5) is 0 Å². The minimum absolute atomic E-state index is 0.163. The molecule has 1 amide bonds. The molecule has 1 atom stereocenters. The van der Waals surface area contributed by atoms with E-state index < -0.39 is 0 Å². The highest BCUT2D eigenvalue weighted by Crippen LogP contribution is 2.46. The number of morpholine rings is 1. The zero-order valence-corrected chi connectivity index (χ0v) is 16.1. The maximum Gasteiger partial charge on any atom is 0.260 e. The summed E-state index contributed by atoms with van der Waals surface area (Å²) in [5, 5.41) is 2.08. The van der Waals surface area contributed by atoms with Crippen LogP contribution >= 0.6 is 23.3 Å². The van der Waals surface area contributed by atoms with E-state index in [0.717, 1.165) is 57.1 Å². The van der Waals surface area contributed by atoms with Crippen LogP contribution < -0.4 is 0 Å². The number of carbonyl (C=O) groups excluding carboxylic acids is 1. The SMILES string of the molecule is CN(CCN1CCOCC1)C(=O)C1=C2CCc3cnsc3C2C=CS1. The molecule has 7 heteroatoms. The first-order valence-corrected chi connectivity index (χ1v) is 10.4. The smallest absolute Gasteiger partial charge is 0.260 e. The molecular weight excluding hydrogens is 354 g/mol. The molecule has 0 radical (unpaired) electrons. The van der Waals surface area contributed by atoms with Gasteiger partial charge < -0.3 is 9.64 Å². The molecule has 134 valence electrons. The number of allylic oxidation sites excluding steroid dienone is 2. The number of hydrogen-bond acceptors (Lipinski definition) is 6. The first-order valence-electron chi connectivity index (χ1n) is 8.79. The zero-order chi connectivity index (χ0) is 17.2. The van der Waals surface area contributed by atoms with Crippen LogP contribution in [0.5, 0.6) is 0 Å². The Morgan fingerprint density at radius 1 is 1.40 bits per heavy atom. The van der Waals surface area contributed by atoms with Crippen LogP contribution in [0.3, 0.4) is 0 Å². The quantitative estimate of drug-likeness (QED) is 0.807. The molecule has 1 fully saturated rings. The topological polar surface area (TPSA) is 45.7 Å². The lowest BCUT2D eigenvalue weighted by atomic mass is 9.84. The number of fused-ring (bicyclic) bond motifs is 3. The fourth-order valence-electron chi connectivity index (χ4n) is 3.60.